The van der Waals surface area contributed by atoms with Crippen molar-refractivity contribution >= 4 is 54.6 Å². The number of hydrogen-bond donors (Lipinski definition) is 1. The molecule has 1 N–H and O–H groups in total. The van der Waals surface area contributed by atoms with E-state index in [0.717, 1.165) is 15.1 Å². The van der Waals surface area contributed by atoms with Crippen LogP contribution in [0.25, 0.3) is 0 Å². The van der Waals surface area contributed by atoms with Crippen molar-refractivity contribution in [3.8, 4) is 0 Å². The molecule has 0 aliphatic heterocycles. The van der Waals surface area contributed by atoms with E-state index in [1.54, 1.807) is 37.3 Å². The van der Waals surface area contributed by atoms with Gasteiger partial charge in [0.2, 0.25) is 0 Å². The maximum Gasteiger partial charge on any atom is 0.271 e. The van der Waals surface area contributed by atoms with Gasteiger partial charge in [0.15, 0.2) is 0 Å². The van der Waals surface area contributed by atoms with Gasteiger partial charge in [0.1, 0.15) is 4.21 Å². The molecular formula is C11H9BrClNO2S2. The number of benzene rings is 1. The number of anilines is 1. The van der Waals surface area contributed by atoms with Gasteiger partial charge in [-0.05, 0) is 52.7 Å². The number of thiophene rings is 1. The Bertz CT molecular complexity index is 682. The van der Waals surface area contributed by atoms with Gasteiger partial charge in [0, 0.05) is 5.02 Å². The van der Waals surface area contributed by atoms with Crippen LogP contribution in [-0.2, 0) is 10.0 Å². The third-order valence-corrected chi connectivity index (χ3v) is 6.22. The Morgan fingerprint density at radius 1 is 1.28 bits per heavy atom. The van der Waals surface area contributed by atoms with E-state index in [0.29, 0.717) is 16.3 Å². The molecule has 0 amide bonds. The normalized spacial score (nSPS) is 11.5. The van der Waals surface area contributed by atoms with Crippen molar-refractivity contribution in [3.05, 3.63) is 44.7 Å². The molecule has 0 saturated heterocycles. The number of sulfonamides is 1. The number of rotatable bonds is 3. The molecule has 2 aromatic rings. The lowest BCUT2D eigenvalue weighted by atomic mass is 10.2. The fourth-order valence-electron chi connectivity index (χ4n) is 1.36. The monoisotopic (exact) mass is 365 g/mol. The first-order valence-corrected chi connectivity index (χ1v) is 8.40. The van der Waals surface area contributed by atoms with Gasteiger partial charge < -0.3 is 0 Å². The molecule has 0 radical (unpaired) electrons. The van der Waals surface area contributed by atoms with E-state index in [9.17, 15) is 8.42 Å². The van der Waals surface area contributed by atoms with Crippen LogP contribution in [0.1, 0.15) is 5.56 Å². The molecule has 18 heavy (non-hydrogen) atoms. The van der Waals surface area contributed by atoms with Gasteiger partial charge in [-0.2, -0.15) is 0 Å². The van der Waals surface area contributed by atoms with Gasteiger partial charge >= 0.3 is 0 Å². The third kappa shape index (κ3) is 2.88. The van der Waals surface area contributed by atoms with Crippen LogP contribution in [0.2, 0.25) is 5.02 Å². The molecule has 0 bridgehead atoms. The second kappa shape index (κ2) is 5.21. The molecule has 96 valence electrons. The zero-order valence-corrected chi connectivity index (χ0v) is 13.3. The molecular weight excluding hydrogens is 358 g/mol. The summed E-state index contributed by atoms with van der Waals surface area (Å²) in [5.74, 6) is 0. The summed E-state index contributed by atoms with van der Waals surface area (Å²) in [6, 6.07) is 8.36. The molecule has 1 aromatic heterocycles. The van der Waals surface area contributed by atoms with E-state index in [2.05, 4.69) is 20.7 Å². The molecule has 0 saturated carbocycles. The van der Waals surface area contributed by atoms with Crippen LogP contribution >= 0.6 is 38.9 Å². The maximum absolute atomic E-state index is 12.1. The zero-order valence-electron chi connectivity index (χ0n) is 9.28. The van der Waals surface area contributed by atoms with Crippen molar-refractivity contribution in [1.82, 2.24) is 0 Å². The zero-order chi connectivity index (χ0) is 13.3. The minimum absolute atomic E-state index is 0.258. The summed E-state index contributed by atoms with van der Waals surface area (Å²) >= 11 is 10.4. The van der Waals surface area contributed by atoms with Crippen molar-refractivity contribution in [1.29, 1.82) is 0 Å². The van der Waals surface area contributed by atoms with Gasteiger partial charge in [0.25, 0.3) is 10.0 Å². The fourth-order valence-corrected chi connectivity index (χ4v) is 4.66. The molecule has 0 aliphatic carbocycles. The lowest BCUT2D eigenvalue weighted by Gasteiger charge is -2.09. The molecule has 3 nitrogen and oxygen atoms in total. The smallest absolute Gasteiger partial charge is 0.271 e. The van der Waals surface area contributed by atoms with Crippen LogP contribution in [0.4, 0.5) is 5.69 Å². The lowest BCUT2D eigenvalue weighted by molar-refractivity contribution is 0.603. The maximum atomic E-state index is 12.1. The summed E-state index contributed by atoms with van der Waals surface area (Å²) in [7, 11) is -3.55. The van der Waals surface area contributed by atoms with Gasteiger partial charge in [-0.1, -0.05) is 17.7 Å². The Kier molecular flexibility index (Phi) is 4.01. The van der Waals surface area contributed by atoms with E-state index in [1.165, 1.54) is 0 Å². The largest absolute Gasteiger partial charge is 0.279 e. The van der Waals surface area contributed by atoms with Crippen LogP contribution in [0.5, 0.6) is 0 Å². The standard InChI is InChI=1S/C11H9BrClNO2S2/c1-7-8(13)3-2-4-9(7)14-18(15,16)11-6-5-10(12)17-11/h2-6,14H,1H3. The first-order valence-electron chi connectivity index (χ1n) is 4.93. The molecule has 0 fully saturated rings. The fraction of sp³-hybridized carbons (Fsp3) is 0.0909. The van der Waals surface area contributed by atoms with Gasteiger partial charge in [-0.25, -0.2) is 8.42 Å². The quantitative estimate of drug-likeness (QED) is 0.881. The highest BCUT2D eigenvalue weighted by Crippen LogP contribution is 2.29. The average molecular weight is 367 g/mol. The van der Waals surface area contributed by atoms with Crippen molar-refractivity contribution in [3.63, 3.8) is 0 Å². The number of hydrogen-bond acceptors (Lipinski definition) is 3. The minimum Gasteiger partial charge on any atom is -0.279 e. The van der Waals surface area contributed by atoms with Crippen LogP contribution in [0, 0.1) is 6.92 Å². The lowest BCUT2D eigenvalue weighted by Crippen LogP contribution is -2.12. The predicted octanol–water partition coefficient (Wildman–Crippen LogP) is 4.27. The second-order valence-electron chi connectivity index (χ2n) is 3.58. The second-order valence-corrected chi connectivity index (χ2v) is 8.36. The highest BCUT2D eigenvalue weighted by atomic mass is 79.9. The Balaban J connectivity index is 2.37. The third-order valence-electron chi connectivity index (χ3n) is 2.33. The van der Waals surface area contributed by atoms with E-state index in [-0.39, 0.29) is 4.21 Å². The van der Waals surface area contributed by atoms with E-state index in [4.69, 9.17) is 11.6 Å². The topological polar surface area (TPSA) is 46.2 Å². The molecule has 1 heterocycles. The van der Waals surface area contributed by atoms with E-state index in [1.807, 2.05) is 0 Å². The molecule has 7 heteroatoms. The first-order chi connectivity index (χ1) is 8.40. The summed E-state index contributed by atoms with van der Waals surface area (Å²) < 4.78 is 27.8. The number of halogens is 2. The number of nitrogens with one attached hydrogen (secondary N) is 1. The molecule has 0 spiro atoms. The minimum atomic E-state index is -3.55. The Labute approximate surface area is 123 Å². The van der Waals surface area contributed by atoms with Gasteiger partial charge in [-0.3, -0.25) is 4.72 Å². The summed E-state index contributed by atoms with van der Waals surface area (Å²) in [5.41, 5.74) is 1.20. The highest BCUT2D eigenvalue weighted by Gasteiger charge is 2.17. The Hall–Kier alpha value is -0.560. The summed E-state index contributed by atoms with van der Waals surface area (Å²) in [4.78, 5) is 0. The van der Waals surface area contributed by atoms with E-state index < -0.39 is 10.0 Å². The van der Waals surface area contributed by atoms with Crippen LogP contribution in [0.15, 0.2) is 38.3 Å². The molecule has 2 rings (SSSR count). The van der Waals surface area contributed by atoms with Crippen molar-refractivity contribution in [2.24, 2.45) is 0 Å². The summed E-state index contributed by atoms with van der Waals surface area (Å²) in [5, 5.41) is 0.530. The molecule has 0 aliphatic rings. The Morgan fingerprint density at radius 2 is 2.00 bits per heavy atom. The highest BCUT2D eigenvalue weighted by molar-refractivity contribution is 9.11. The average Bonchev–Trinajstić information content (AvgIpc) is 2.72. The SMILES string of the molecule is Cc1c(Cl)cccc1NS(=O)(=O)c1ccc(Br)s1. The predicted molar refractivity (Wildman–Crippen MR) is 79.0 cm³/mol. The molecule has 0 atom stereocenters. The first kappa shape index (κ1) is 13.9. The van der Waals surface area contributed by atoms with Crippen molar-refractivity contribution < 1.29 is 8.42 Å². The summed E-state index contributed by atoms with van der Waals surface area (Å²) in [6.45, 7) is 1.77. The molecule has 1 aromatic carbocycles. The van der Waals surface area contributed by atoms with Gasteiger partial charge in [0.05, 0.1) is 9.47 Å². The van der Waals surface area contributed by atoms with Crippen LogP contribution in [0.3, 0.4) is 0 Å². The van der Waals surface area contributed by atoms with Crippen molar-refractivity contribution in [2.75, 3.05) is 4.72 Å². The summed E-state index contributed by atoms with van der Waals surface area (Å²) in [6.07, 6.45) is 0. The van der Waals surface area contributed by atoms with Crippen LogP contribution in [-0.4, -0.2) is 8.42 Å². The van der Waals surface area contributed by atoms with Crippen LogP contribution < -0.4 is 4.72 Å². The van der Waals surface area contributed by atoms with Gasteiger partial charge in [-0.15, -0.1) is 11.3 Å². The molecule has 0 unspecified atom stereocenters. The van der Waals surface area contributed by atoms with Crippen molar-refractivity contribution in [2.45, 2.75) is 11.1 Å². The van der Waals surface area contributed by atoms with E-state index >= 15 is 0 Å². The Morgan fingerprint density at radius 3 is 2.61 bits per heavy atom.